The molecule has 1 aliphatic heterocycles. The van der Waals surface area contributed by atoms with Gasteiger partial charge in [0.15, 0.2) is 0 Å². The van der Waals surface area contributed by atoms with Crippen LogP contribution in [0.2, 0.25) is 0 Å². The fourth-order valence-electron chi connectivity index (χ4n) is 3.94. The quantitative estimate of drug-likeness (QED) is 0.585. The molecule has 15 heavy (non-hydrogen) atoms. The molecular formula is C13H15NO. The monoisotopic (exact) mass is 201 g/mol. The number of nitrogens with zero attached hydrogens (tertiary/aromatic N) is 1. The van der Waals surface area contributed by atoms with Crippen LogP contribution in [0.25, 0.3) is 0 Å². The van der Waals surface area contributed by atoms with Crippen molar-refractivity contribution in [3.8, 4) is 12.3 Å². The van der Waals surface area contributed by atoms with Crippen LogP contribution in [-0.2, 0) is 4.79 Å². The van der Waals surface area contributed by atoms with Crippen molar-refractivity contribution in [2.75, 3.05) is 0 Å². The lowest BCUT2D eigenvalue weighted by molar-refractivity contribution is -0.135. The van der Waals surface area contributed by atoms with Gasteiger partial charge in [0.2, 0.25) is 5.91 Å². The maximum absolute atomic E-state index is 12.2. The fraction of sp³-hybridized carbons (Fsp3) is 0.769. The van der Waals surface area contributed by atoms with Gasteiger partial charge in [-0.2, -0.15) is 0 Å². The van der Waals surface area contributed by atoms with E-state index < -0.39 is 0 Å². The van der Waals surface area contributed by atoms with E-state index in [1.54, 1.807) is 0 Å². The number of hydrogen-bond donors (Lipinski definition) is 0. The number of rotatable bonds is 1. The Labute approximate surface area is 90.0 Å². The summed E-state index contributed by atoms with van der Waals surface area (Å²) in [5.74, 6) is 5.92. The zero-order chi connectivity index (χ0) is 10.2. The molecule has 0 N–H and O–H groups in total. The molecule has 0 spiro atoms. The molecule has 2 bridgehead atoms. The third-order valence-electron chi connectivity index (χ3n) is 4.86. The number of likely N-dealkylation sites (tertiary alicyclic amines) is 1. The van der Waals surface area contributed by atoms with Crippen molar-refractivity contribution < 1.29 is 4.79 Å². The first-order chi connectivity index (χ1) is 7.31. The van der Waals surface area contributed by atoms with Gasteiger partial charge in [0.25, 0.3) is 0 Å². The zero-order valence-corrected chi connectivity index (χ0v) is 8.73. The molecule has 4 aliphatic rings. The summed E-state index contributed by atoms with van der Waals surface area (Å²) in [6.07, 6.45) is 10.3. The normalized spacial score (nSPS) is 50.1. The molecule has 3 saturated carbocycles. The van der Waals surface area contributed by atoms with E-state index in [1.165, 1.54) is 12.8 Å². The van der Waals surface area contributed by atoms with E-state index in [-0.39, 0.29) is 6.04 Å². The third kappa shape index (κ3) is 0.897. The molecule has 1 saturated heterocycles. The smallest absolute Gasteiger partial charge is 0.226 e. The van der Waals surface area contributed by atoms with Crippen molar-refractivity contribution in [1.82, 2.24) is 4.90 Å². The number of carbonyl (C=O) groups excluding carboxylic acids is 1. The SMILES string of the molecule is C#CC1C2CC(C3CC23)N1C(=O)C1CC1. The minimum absolute atomic E-state index is 0.145. The molecule has 2 heteroatoms. The van der Waals surface area contributed by atoms with Gasteiger partial charge in [-0.1, -0.05) is 5.92 Å². The van der Waals surface area contributed by atoms with Crippen LogP contribution in [0.15, 0.2) is 0 Å². The third-order valence-corrected chi connectivity index (χ3v) is 4.86. The molecule has 0 aromatic heterocycles. The lowest BCUT2D eigenvalue weighted by Gasteiger charge is -2.32. The average molecular weight is 201 g/mol. The second-order valence-electron chi connectivity index (χ2n) is 5.66. The molecule has 5 atom stereocenters. The summed E-state index contributed by atoms with van der Waals surface area (Å²) >= 11 is 0. The van der Waals surface area contributed by atoms with Crippen molar-refractivity contribution in [3.05, 3.63) is 0 Å². The van der Waals surface area contributed by atoms with E-state index in [2.05, 4.69) is 10.8 Å². The lowest BCUT2D eigenvalue weighted by Crippen LogP contribution is -2.46. The molecule has 78 valence electrons. The summed E-state index contributed by atoms with van der Waals surface area (Å²) in [5.41, 5.74) is 0. The molecule has 3 aliphatic carbocycles. The number of terminal acetylenes is 1. The Bertz CT molecular complexity index is 378. The molecule has 2 nitrogen and oxygen atoms in total. The van der Waals surface area contributed by atoms with Crippen LogP contribution in [0, 0.1) is 36.0 Å². The fourth-order valence-corrected chi connectivity index (χ4v) is 3.94. The second kappa shape index (κ2) is 2.40. The highest BCUT2D eigenvalue weighted by Crippen LogP contribution is 2.63. The highest BCUT2D eigenvalue weighted by Gasteiger charge is 2.65. The summed E-state index contributed by atoms with van der Waals surface area (Å²) in [5, 5.41) is 0. The van der Waals surface area contributed by atoms with Gasteiger partial charge in [-0.15, -0.1) is 6.42 Å². The minimum atomic E-state index is 0.145. The molecule has 1 amide bonds. The number of fused-ring (bicyclic) bond motifs is 5. The minimum Gasteiger partial charge on any atom is -0.325 e. The standard InChI is InChI=1S/C13H15NO/c1-2-11-10-6-12(9-5-8(9)10)14(11)13(15)7-3-4-7/h1,7-12H,3-6H2. The molecule has 0 aromatic carbocycles. The van der Waals surface area contributed by atoms with Crippen LogP contribution in [0.5, 0.6) is 0 Å². The van der Waals surface area contributed by atoms with Gasteiger partial charge in [0.1, 0.15) is 0 Å². The van der Waals surface area contributed by atoms with E-state index in [1.807, 2.05) is 0 Å². The van der Waals surface area contributed by atoms with Gasteiger partial charge in [0.05, 0.1) is 6.04 Å². The second-order valence-corrected chi connectivity index (χ2v) is 5.66. The number of amides is 1. The summed E-state index contributed by atoms with van der Waals surface area (Å²) in [6.45, 7) is 0. The van der Waals surface area contributed by atoms with Crippen LogP contribution in [0.3, 0.4) is 0 Å². The Morgan fingerprint density at radius 1 is 1.20 bits per heavy atom. The van der Waals surface area contributed by atoms with E-state index in [0.717, 1.165) is 24.7 Å². The van der Waals surface area contributed by atoms with Gasteiger partial charge in [-0.05, 0) is 43.4 Å². The van der Waals surface area contributed by atoms with Gasteiger partial charge in [0, 0.05) is 12.0 Å². The topological polar surface area (TPSA) is 20.3 Å². The zero-order valence-electron chi connectivity index (χ0n) is 8.73. The molecule has 4 fully saturated rings. The molecular weight excluding hydrogens is 186 g/mol. The van der Waals surface area contributed by atoms with Gasteiger partial charge < -0.3 is 4.90 Å². The summed E-state index contributed by atoms with van der Waals surface area (Å²) in [7, 11) is 0. The largest absolute Gasteiger partial charge is 0.325 e. The Hall–Kier alpha value is -0.970. The summed E-state index contributed by atoms with van der Waals surface area (Å²) in [6, 6.07) is 0.668. The predicted octanol–water partition coefficient (Wildman–Crippen LogP) is 1.26. The molecule has 0 radical (unpaired) electrons. The van der Waals surface area contributed by atoms with Crippen molar-refractivity contribution >= 4 is 5.91 Å². The van der Waals surface area contributed by atoms with Crippen LogP contribution in [0.4, 0.5) is 0 Å². The van der Waals surface area contributed by atoms with E-state index in [0.29, 0.717) is 23.8 Å². The number of piperidine rings is 1. The van der Waals surface area contributed by atoms with Crippen molar-refractivity contribution in [2.24, 2.45) is 23.7 Å². The molecule has 0 aromatic rings. The Kier molecular flexibility index (Phi) is 1.31. The van der Waals surface area contributed by atoms with E-state index >= 15 is 0 Å². The Morgan fingerprint density at radius 2 is 2.00 bits per heavy atom. The Balaban J connectivity index is 1.67. The van der Waals surface area contributed by atoms with Crippen molar-refractivity contribution in [2.45, 2.75) is 37.8 Å². The highest BCUT2D eigenvalue weighted by molar-refractivity contribution is 5.82. The molecule has 5 unspecified atom stereocenters. The van der Waals surface area contributed by atoms with Crippen LogP contribution >= 0.6 is 0 Å². The van der Waals surface area contributed by atoms with Crippen LogP contribution in [0.1, 0.15) is 25.7 Å². The van der Waals surface area contributed by atoms with Crippen molar-refractivity contribution in [3.63, 3.8) is 0 Å². The van der Waals surface area contributed by atoms with Crippen LogP contribution < -0.4 is 0 Å². The van der Waals surface area contributed by atoms with E-state index in [9.17, 15) is 4.79 Å². The summed E-state index contributed by atoms with van der Waals surface area (Å²) in [4.78, 5) is 14.3. The first-order valence-electron chi connectivity index (χ1n) is 6.09. The van der Waals surface area contributed by atoms with E-state index in [4.69, 9.17) is 6.42 Å². The highest BCUT2D eigenvalue weighted by atomic mass is 16.2. The van der Waals surface area contributed by atoms with Crippen LogP contribution in [-0.4, -0.2) is 22.9 Å². The van der Waals surface area contributed by atoms with Crippen molar-refractivity contribution in [1.29, 1.82) is 0 Å². The predicted molar refractivity (Wildman–Crippen MR) is 55.7 cm³/mol. The lowest BCUT2D eigenvalue weighted by atomic mass is 9.97. The van der Waals surface area contributed by atoms with Gasteiger partial charge in [-0.25, -0.2) is 0 Å². The first-order valence-corrected chi connectivity index (χ1v) is 6.09. The maximum Gasteiger partial charge on any atom is 0.226 e. The van der Waals surface area contributed by atoms with Gasteiger partial charge >= 0.3 is 0 Å². The van der Waals surface area contributed by atoms with Gasteiger partial charge in [-0.3, -0.25) is 4.79 Å². The number of carbonyl (C=O) groups is 1. The first kappa shape index (κ1) is 8.21. The molecule has 1 heterocycles. The summed E-state index contributed by atoms with van der Waals surface area (Å²) < 4.78 is 0. The Morgan fingerprint density at radius 3 is 2.67 bits per heavy atom. The molecule has 4 rings (SSSR count). The average Bonchev–Trinajstić information content (AvgIpc) is 3.14. The number of hydrogen-bond acceptors (Lipinski definition) is 1. The maximum atomic E-state index is 12.2.